The van der Waals surface area contributed by atoms with Gasteiger partial charge < -0.3 is 10.1 Å². The van der Waals surface area contributed by atoms with Gasteiger partial charge in [0.2, 0.25) is 0 Å². The van der Waals surface area contributed by atoms with E-state index in [1.54, 1.807) is 6.20 Å². The number of aromatic nitrogens is 2. The highest BCUT2D eigenvalue weighted by Crippen LogP contribution is 2.38. The number of imidazole rings is 1. The van der Waals surface area contributed by atoms with Gasteiger partial charge >= 0.3 is 0 Å². The van der Waals surface area contributed by atoms with E-state index in [0.717, 1.165) is 30.7 Å². The lowest BCUT2D eigenvalue weighted by Gasteiger charge is -2.07. The van der Waals surface area contributed by atoms with Crippen LogP contribution < -0.4 is 0 Å². The lowest BCUT2D eigenvalue weighted by atomic mass is 10.0. The van der Waals surface area contributed by atoms with Crippen LogP contribution in [-0.2, 0) is 6.42 Å². The molecule has 0 unspecified atom stereocenters. The molecule has 3 rings (SSSR count). The first-order chi connectivity index (χ1) is 7.75. The van der Waals surface area contributed by atoms with E-state index in [9.17, 15) is 5.11 Å². The van der Waals surface area contributed by atoms with Crippen LogP contribution in [0.3, 0.4) is 0 Å². The number of rotatable bonds is 3. The molecule has 82 valence electrons. The summed E-state index contributed by atoms with van der Waals surface area (Å²) in [5, 5.41) is 9.82. The first-order valence-corrected chi connectivity index (χ1v) is 5.56. The predicted molar refractivity (Wildman–Crippen MR) is 61.9 cm³/mol. The summed E-state index contributed by atoms with van der Waals surface area (Å²) >= 11 is 0. The van der Waals surface area contributed by atoms with Crippen molar-refractivity contribution in [1.29, 1.82) is 0 Å². The monoisotopic (exact) mass is 214 g/mol. The van der Waals surface area contributed by atoms with Crippen LogP contribution in [0.4, 0.5) is 0 Å². The minimum Gasteiger partial charge on any atom is -0.390 e. The fourth-order valence-corrected chi connectivity index (χ4v) is 1.90. The Morgan fingerprint density at radius 3 is 2.56 bits per heavy atom. The number of aromatic amines is 1. The Hall–Kier alpha value is -1.61. The Morgan fingerprint density at radius 2 is 2.00 bits per heavy atom. The van der Waals surface area contributed by atoms with Crippen molar-refractivity contribution in [2.24, 2.45) is 0 Å². The third kappa shape index (κ3) is 1.86. The Morgan fingerprint density at radius 1 is 1.25 bits per heavy atom. The molecule has 0 bridgehead atoms. The molecule has 1 aliphatic carbocycles. The number of aliphatic hydroxyl groups is 1. The summed E-state index contributed by atoms with van der Waals surface area (Å²) < 4.78 is 0. The van der Waals surface area contributed by atoms with Gasteiger partial charge in [-0.25, -0.2) is 4.98 Å². The fourth-order valence-electron chi connectivity index (χ4n) is 1.90. The highest BCUT2D eigenvalue weighted by Gasteiger charge is 2.39. The molecule has 3 nitrogen and oxygen atoms in total. The van der Waals surface area contributed by atoms with Gasteiger partial charge in [-0.15, -0.1) is 0 Å². The van der Waals surface area contributed by atoms with Crippen LogP contribution >= 0.6 is 0 Å². The van der Waals surface area contributed by atoms with Crippen molar-refractivity contribution in [3.8, 4) is 11.4 Å². The van der Waals surface area contributed by atoms with E-state index in [-0.39, 0.29) is 0 Å². The summed E-state index contributed by atoms with van der Waals surface area (Å²) in [6.45, 7) is 0. The molecule has 0 radical (unpaired) electrons. The number of H-pyrrole nitrogens is 1. The second-order valence-electron chi connectivity index (χ2n) is 4.54. The van der Waals surface area contributed by atoms with Crippen molar-refractivity contribution in [1.82, 2.24) is 9.97 Å². The molecule has 2 N–H and O–H groups in total. The molecule has 0 atom stereocenters. The lowest BCUT2D eigenvalue weighted by molar-refractivity contribution is 0.151. The SMILES string of the molecule is OC1(Cc2ccc(-c3ncc[nH]3)cc2)CC1. The second kappa shape index (κ2) is 3.46. The fraction of sp³-hybridized carbons (Fsp3) is 0.308. The molecule has 0 amide bonds. The van der Waals surface area contributed by atoms with Crippen molar-refractivity contribution >= 4 is 0 Å². The first-order valence-electron chi connectivity index (χ1n) is 5.56. The Labute approximate surface area is 94.2 Å². The Kier molecular flexibility index (Phi) is 2.07. The zero-order valence-corrected chi connectivity index (χ0v) is 8.98. The number of hydrogen-bond acceptors (Lipinski definition) is 2. The normalized spacial score (nSPS) is 17.3. The summed E-state index contributed by atoms with van der Waals surface area (Å²) in [5.74, 6) is 0.886. The van der Waals surface area contributed by atoms with Crippen molar-refractivity contribution in [3.05, 3.63) is 42.2 Å². The molecule has 2 aromatic rings. The van der Waals surface area contributed by atoms with Gasteiger partial charge in [-0.05, 0) is 18.4 Å². The summed E-state index contributed by atoms with van der Waals surface area (Å²) in [4.78, 5) is 7.27. The largest absolute Gasteiger partial charge is 0.390 e. The average Bonchev–Trinajstić information content (AvgIpc) is 2.83. The highest BCUT2D eigenvalue weighted by atomic mass is 16.3. The summed E-state index contributed by atoms with van der Waals surface area (Å²) in [6, 6.07) is 8.21. The van der Waals surface area contributed by atoms with Crippen LogP contribution in [0.5, 0.6) is 0 Å². The highest BCUT2D eigenvalue weighted by molar-refractivity contribution is 5.55. The zero-order valence-electron chi connectivity index (χ0n) is 8.98. The summed E-state index contributed by atoms with van der Waals surface area (Å²) in [5.41, 5.74) is 1.86. The average molecular weight is 214 g/mol. The van der Waals surface area contributed by atoms with Crippen molar-refractivity contribution in [2.75, 3.05) is 0 Å². The van der Waals surface area contributed by atoms with Gasteiger partial charge in [0, 0.05) is 24.4 Å². The molecular formula is C13H14N2O. The third-order valence-electron chi connectivity index (χ3n) is 3.09. The smallest absolute Gasteiger partial charge is 0.137 e. The van der Waals surface area contributed by atoms with Gasteiger partial charge in [0.05, 0.1) is 5.60 Å². The van der Waals surface area contributed by atoms with Crippen molar-refractivity contribution < 1.29 is 5.11 Å². The van der Waals surface area contributed by atoms with E-state index in [1.807, 2.05) is 18.3 Å². The molecule has 16 heavy (non-hydrogen) atoms. The van der Waals surface area contributed by atoms with E-state index >= 15 is 0 Å². The first kappa shape index (κ1) is 9.60. The standard InChI is InChI=1S/C13H14N2O/c16-13(5-6-13)9-10-1-3-11(4-2-10)12-14-7-8-15-12/h1-4,7-8,16H,5-6,9H2,(H,14,15). The predicted octanol–water partition coefficient (Wildman–Crippen LogP) is 2.14. The van der Waals surface area contributed by atoms with Crippen LogP contribution in [0.15, 0.2) is 36.7 Å². The maximum atomic E-state index is 9.82. The van der Waals surface area contributed by atoms with Gasteiger partial charge in [0.25, 0.3) is 0 Å². The molecule has 3 heteroatoms. The number of nitrogens with one attached hydrogen (secondary N) is 1. The molecule has 0 saturated heterocycles. The molecule has 1 aliphatic rings. The molecule has 1 aromatic heterocycles. The Bertz CT molecular complexity index is 469. The van der Waals surface area contributed by atoms with Crippen molar-refractivity contribution in [2.45, 2.75) is 24.9 Å². The lowest BCUT2D eigenvalue weighted by Crippen LogP contribution is -2.10. The van der Waals surface area contributed by atoms with Gasteiger partial charge in [0.1, 0.15) is 5.82 Å². The summed E-state index contributed by atoms with van der Waals surface area (Å²) in [6.07, 6.45) is 6.21. The molecule has 1 aromatic carbocycles. The molecule has 1 saturated carbocycles. The Balaban J connectivity index is 1.80. The van der Waals surface area contributed by atoms with Gasteiger partial charge in [0.15, 0.2) is 0 Å². The minimum absolute atomic E-state index is 0.411. The van der Waals surface area contributed by atoms with E-state index in [4.69, 9.17) is 0 Å². The molecule has 0 spiro atoms. The molecule has 1 fully saturated rings. The minimum atomic E-state index is -0.411. The van der Waals surface area contributed by atoms with Gasteiger partial charge in [-0.3, -0.25) is 0 Å². The summed E-state index contributed by atoms with van der Waals surface area (Å²) in [7, 11) is 0. The van der Waals surface area contributed by atoms with Crippen LogP contribution in [0.2, 0.25) is 0 Å². The van der Waals surface area contributed by atoms with E-state index in [0.29, 0.717) is 0 Å². The third-order valence-corrected chi connectivity index (χ3v) is 3.09. The van der Waals surface area contributed by atoms with Crippen LogP contribution in [0, 0.1) is 0 Å². The number of benzene rings is 1. The topological polar surface area (TPSA) is 48.9 Å². The van der Waals surface area contributed by atoms with E-state index in [2.05, 4.69) is 22.1 Å². The van der Waals surface area contributed by atoms with E-state index in [1.165, 1.54) is 5.56 Å². The van der Waals surface area contributed by atoms with Crippen LogP contribution in [0.25, 0.3) is 11.4 Å². The van der Waals surface area contributed by atoms with Crippen LogP contribution in [0.1, 0.15) is 18.4 Å². The maximum absolute atomic E-state index is 9.82. The zero-order chi connectivity index (χ0) is 11.0. The maximum Gasteiger partial charge on any atom is 0.137 e. The molecule has 1 heterocycles. The van der Waals surface area contributed by atoms with Gasteiger partial charge in [-0.1, -0.05) is 24.3 Å². The second-order valence-corrected chi connectivity index (χ2v) is 4.54. The van der Waals surface area contributed by atoms with Crippen molar-refractivity contribution in [3.63, 3.8) is 0 Å². The number of hydrogen-bond donors (Lipinski definition) is 2. The van der Waals surface area contributed by atoms with Gasteiger partial charge in [-0.2, -0.15) is 0 Å². The quantitative estimate of drug-likeness (QED) is 0.822. The molecule has 0 aliphatic heterocycles. The van der Waals surface area contributed by atoms with Crippen LogP contribution in [-0.4, -0.2) is 20.7 Å². The van der Waals surface area contributed by atoms with E-state index < -0.39 is 5.60 Å². The molecular weight excluding hydrogens is 200 g/mol. The number of nitrogens with zero attached hydrogens (tertiary/aromatic N) is 1.